The minimum absolute atomic E-state index is 0.136. The molecule has 0 heterocycles. The van der Waals surface area contributed by atoms with Gasteiger partial charge < -0.3 is 10.2 Å². The van der Waals surface area contributed by atoms with Gasteiger partial charge in [-0.15, -0.1) is 0 Å². The van der Waals surface area contributed by atoms with Gasteiger partial charge in [-0.2, -0.15) is 0 Å². The molecule has 0 aliphatic rings. The molecule has 136 valence electrons. The van der Waals surface area contributed by atoms with E-state index in [1.54, 1.807) is 20.2 Å². The molecule has 2 rings (SSSR count). The van der Waals surface area contributed by atoms with Crippen molar-refractivity contribution in [1.82, 2.24) is 10.2 Å². The van der Waals surface area contributed by atoms with Gasteiger partial charge in [0, 0.05) is 30.6 Å². The quantitative estimate of drug-likeness (QED) is 0.621. The van der Waals surface area contributed by atoms with E-state index in [0.717, 1.165) is 10.5 Å². The molecule has 7 nitrogen and oxygen atoms in total. The van der Waals surface area contributed by atoms with Gasteiger partial charge in [0.1, 0.15) is 0 Å². The van der Waals surface area contributed by atoms with Crippen molar-refractivity contribution in [3.05, 3.63) is 63.7 Å². The van der Waals surface area contributed by atoms with Crippen molar-refractivity contribution in [2.75, 3.05) is 20.6 Å². The summed E-state index contributed by atoms with van der Waals surface area (Å²) in [5, 5.41) is 13.9. The van der Waals surface area contributed by atoms with Crippen molar-refractivity contribution < 1.29 is 14.5 Å². The zero-order valence-electron chi connectivity index (χ0n) is 14.7. The number of nitro benzene ring substituents is 1. The summed E-state index contributed by atoms with van der Waals surface area (Å²) < 4.78 is 0. The third-order valence-corrected chi connectivity index (χ3v) is 4.64. The van der Waals surface area contributed by atoms with Crippen LogP contribution in [-0.4, -0.2) is 42.3 Å². The van der Waals surface area contributed by atoms with Gasteiger partial charge >= 0.3 is 0 Å². The average molecular weight is 373 g/mol. The molecule has 8 heteroatoms. The first kappa shape index (κ1) is 19.5. The van der Waals surface area contributed by atoms with Crippen molar-refractivity contribution in [2.45, 2.75) is 16.7 Å². The normalized spacial score (nSPS) is 10.3. The lowest BCUT2D eigenvalue weighted by atomic mass is 10.2. The van der Waals surface area contributed by atoms with Crippen molar-refractivity contribution in [1.29, 1.82) is 0 Å². The lowest BCUT2D eigenvalue weighted by molar-refractivity contribution is -0.387. The van der Waals surface area contributed by atoms with E-state index in [-0.39, 0.29) is 23.7 Å². The first-order valence-corrected chi connectivity index (χ1v) is 8.61. The van der Waals surface area contributed by atoms with Gasteiger partial charge in [0.15, 0.2) is 0 Å². The van der Waals surface area contributed by atoms with Crippen molar-refractivity contribution >= 4 is 29.3 Å². The molecule has 0 saturated carbocycles. The summed E-state index contributed by atoms with van der Waals surface area (Å²) in [4.78, 5) is 37.2. The maximum absolute atomic E-state index is 12.1. The molecule has 0 unspecified atom stereocenters. The standard InChI is InChI=1S/C18H19N3O4S/c1-12-4-7-14(8-5-12)26-16-9-6-13(10-15(16)21(24)25)18(23)19-11-17(22)20(2)3/h4-10H,11H2,1-3H3,(H,19,23). The van der Waals surface area contributed by atoms with Crippen LogP contribution in [0, 0.1) is 17.0 Å². The number of carbonyl (C=O) groups excluding carboxylic acids is 2. The summed E-state index contributed by atoms with van der Waals surface area (Å²) in [6, 6.07) is 11.9. The first-order chi connectivity index (χ1) is 12.3. The molecule has 26 heavy (non-hydrogen) atoms. The van der Waals surface area contributed by atoms with E-state index in [1.165, 1.54) is 28.8 Å². The van der Waals surface area contributed by atoms with E-state index in [4.69, 9.17) is 0 Å². The highest BCUT2D eigenvalue weighted by atomic mass is 32.2. The number of benzene rings is 2. The third-order valence-electron chi connectivity index (χ3n) is 3.57. The lowest BCUT2D eigenvalue weighted by Gasteiger charge is -2.11. The number of aryl methyl sites for hydroxylation is 1. The molecule has 2 aromatic rings. The second-order valence-corrected chi connectivity index (χ2v) is 6.94. The molecule has 0 aliphatic carbocycles. The number of hydrogen-bond donors (Lipinski definition) is 1. The molecule has 0 aliphatic heterocycles. The molecule has 0 bridgehead atoms. The zero-order chi connectivity index (χ0) is 19.3. The molecule has 1 N–H and O–H groups in total. The van der Waals surface area contributed by atoms with Crippen LogP contribution < -0.4 is 5.32 Å². The Morgan fingerprint density at radius 1 is 1.15 bits per heavy atom. The minimum atomic E-state index is -0.532. The number of hydrogen-bond acceptors (Lipinski definition) is 5. The Hall–Kier alpha value is -2.87. The van der Waals surface area contributed by atoms with Gasteiger partial charge in [-0.25, -0.2) is 0 Å². The van der Waals surface area contributed by atoms with E-state index >= 15 is 0 Å². The molecule has 0 saturated heterocycles. The van der Waals surface area contributed by atoms with Crippen molar-refractivity contribution in [3.8, 4) is 0 Å². The van der Waals surface area contributed by atoms with Crippen LogP contribution in [0.3, 0.4) is 0 Å². The Morgan fingerprint density at radius 2 is 1.81 bits per heavy atom. The Kier molecular flexibility index (Phi) is 6.35. The minimum Gasteiger partial charge on any atom is -0.347 e. The predicted octanol–water partition coefficient (Wildman–Crippen LogP) is 2.87. The number of nitrogens with one attached hydrogen (secondary N) is 1. The van der Waals surface area contributed by atoms with Crippen LogP contribution in [0.15, 0.2) is 52.3 Å². The number of nitrogens with zero attached hydrogens (tertiary/aromatic N) is 2. The van der Waals surface area contributed by atoms with Gasteiger partial charge in [-0.05, 0) is 31.2 Å². The Morgan fingerprint density at radius 3 is 2.38 bits per heavy atom. The van der Waals surface area contributed by atoms with E-state index in [2.05, 4.69) is 5.32 Å². The van der Waals surface area contributed by atoms with Crippen LogP contribution >= 0.6 is 11.8 Å². The molecule has 2 aromatic carbocycles. The van der Waals surface area contributed by atoms with Crippen LogP contribution in [-0.2, 0) is 4.79 Å². The van der Waals surface area contributed by atoms with Crippen LogP contribution in [0.1, 0.15) is 15.9 Å². The van der Waals surface area contributed by atoms with Crippen LogP contribution in [0.25, 0.3) is 0 Å². The number of nitro groups is 1. The van der Waals surface area contributed by atoms with Crippen LogP contribution in [0.5, 0.6) is 0 Å². The van der Waals surface area contributed by atoms with Gasteiger partial charge in [0.05, 0.1) is 16.4 Å². The predicted molar refractivity (Wildman–Crippen MR) is 99.4 cm³/mol. The summed E-state index contributed by atoms with van der Waals surface area (Å²) >= 11 is 1.26. The SMILES string of the molecule is Cc1ccc(Sc2ccc(C(=O)NCC(=O)N(C)C)cc2[N+](=O)[O-])cc1. The highest BCUT2D eigenvalue weighted by molar-refractivity contribution is 7.99. The summed E-state index contributed by atoms with van der Waals surface area (Å²) in [5.74, 6) is -0.797. The largest absolute Gasteiger partial charge is 0.347 e. The summed E-state index contributed by atoms with van der Waals surface area (Å²) in [7, 11) is 3.16. The van der Waals surface area contributed by atoms with Gasteiger partial charge in [0.2, 0.25) is 5.91 Å². The number of carbonyl (C=O) groups is 2. The summed E-state index contributed by atoms with van der Waals surface area (Å²) in [5.41, 5.74) is 1.09. The maximum Gasteiger partial charge on any atom is 0.284 e. The fourth-order valence-corrected chi connectivity index (χ4v) is 2.94. The molecular weight excluding hydrogens is 354 g/mol. The highest BCUT2D eigenvalue weighted by Gasteiger charge is 2.19. The van der Waals surface area contributed by atoms with E-state index in [9.17, 15) is 19.7 Å². The van der Waals surface area contributed by atoms with Crippen molar-refractivity contribution in [3.63, 3.8) is 0 Å². The number of rotatable bonds is 6. The van der Waals surface area contributed by atoms with Gasteiger partial charge in [0.25, 0.3) is 11.6 Å². The topological polar surface area (TPSA) is 92.6 Å². The Labute approximate surface area is 155 Å². The number of likely N-dealkylation sites (N-methyl/N-ethyl adjacent to an activating group) is 1. The maximum atomic E-state index is 12.1. The van der Waals surface area contributed by atoms with Crippen molar-refractivity contribution in [2.24, 2.45) is 0 Å². The fourth-order valence-electron chi connectivity index (χ4n) is 2.04. The zero-order valence-corrected chi connectivity index (χ0v) is 15.5. The molecular formula is C18H19N3O4S. The summed E-state index contributed by atoms with van der Waals surface area (Å²) in [6.07, 6.45) is 0. The van der Waals surface area contributed by atoms with Crippen LogP contribution in [0.4, 0.5) is 5.69 Å². The van der Waals surface area contributed by atoms with E-state index in [1.807, 2.05) is 31.2 Å². The highest BCUT2D eigenvalue weighted by Crippen LogP contribution is 2.35. The van der Waals surface area contributed by atoms with Gasteiger partial charge in [-0.1, -0.05) is 29.5 Å². The Balaban J connectivity index is 2.19. The van der Waals surface area contributed by atoms with Crippen LogP contribution in [0.2, 0.25) is 0 Å². The molecule has 0 spiro atoms. The fraction of sp³-hybridized carbons (Fsp3) is 0.222. The number of amides is 2. The van der Waals surface area contributed by atoms with E-state index in [0.29, 0.717) is 4.90 Å². The molecule has 0 aromatic heterocycles. The smallest absolute Gasteiger partial charge is 0.284 e. The molecule has 2 amide bonds. The molecule has 0 fully saturated rings. The summed E-state index contributed by atoms with van der Waals surface area (Å²) in [6.45, 7) is 1.80. The second-order valence-electron chi connectivity index (χ2n) is 5.83. The lowest BCUT2D eigenvalue weighted by Crippen LogP contribution is -2.36. The first-order valence-electron chi connectivity index (χ1n) is 7.79. The molecule has 0 atom stereocenters. The average Bonchev–Trinajstić information content (AvgIpc) is 2.61. The third kappa shape index (κ3) is 5.06. The van der Waals surface area contributed by atoms with Gasteiger partial charge in [-0.3, -0.25) is 19.7 Å². The second kappa shape index (κ2) is 8.48. The Bertz CT molecular complexity index is 835. The van der Waals surface area contributed by atoms with E-state index < -0.39 is 10.8 Å². The monoisotopic (exact) mass is 373 g/mol. The molecule has 0 radical (unpaired) electrons.